The second-order valence-corrected chi connectivity index (χ2v) is 5.65. The Bertz CT molecular complexity index is 291. The molecule has 0 amide bonds. The molecule has 1 unspecified atom stereocenters. The van der Waals surface area contributed by atoms with Gasteiger partial charge in [0.2, 0.25) is 0 Å². The van der Waals surface area contributed by atoms with Crippen LogP contribution in [0.3, 0.4) is 0 Å². The highest BCUT2D eigenvalue weighted by Gasteiger charge is 2.08. The van der Waals surface area contributed by atoms with Gasteiger partial charge in [0.15, 0.2) is 0 Å². The third kappa shape index (κ3) is 4.38. The molecule has 0 N–H and O–H groups in total. The fraction of sp³-hybridized carbons (Fsp3) is 0.571. The van der Waals surface area contributed by atoms with Gasteiger partial charge >= 0.3 is 0 Å². The number of hydrogen-bond acceptors (Lipinski definition) is 0. The molecule has 0 heterocycles. The standard InChI is InChI=1S/C14H21Br/c1-4-12-6-5-7-13(10-12)8-9-14(15)11(2)3/h5-7,10-11,14H,4,8-9H2,1-3H3. The van der Waals surface area contributed by atoms with Gasteiger partial charge in [0.05, 0.1) is 0 Å². The number of aryl methyl sites for hydroxylation is 2. The number of rotatable bonds is 5. The van der Waals surface area contributed by atoms with E-state index in [0.717, 1.165) is 12.3 Å². The second-order valence-electron chi connectivity index (χ2n) is 4.47. The van der Waals surface area contributed by atoms with Crippen LogP contribution in [0.4, 0.5) is 0 Å². The molecule has 0 aliphatic heterocycles. The van der Waals surface area contributed by atoms with Crippen LogP contribution < -0.4 is 0 Å². The highest BCUT2D eigenvalue weighted by atomic mass is 79.9. The van der Waals surface area contributed by atoms with Crippen molar-refractivity contribution < 1.29 is 0 Å². The predicted octanol–water partition coefficient (Wildman–Crippen LogP) is 4.60. The minimum atomic E-state index is 0.641. The summed E-state index contributed by atoms with van der Waals surface area (Å²) in [5, 5.41) is 0. The molecule has 0 aromatic heterocycles. The Kier molecular flexibility index (Phi) is 5.38. The summed E-state index contributed by atoms with van der Waals surface area (Å²) < 4.78 is 0. The molecule has 0 spiro atoms. The molecule has 0 fully saturated rings. The van der Waals surface area contributed by atoms with Crippen molar-refractivity contribution in [1.29, 1.82) is 0 Å². The summed E-state index contributed by atoms with van der Waals surface area (Å²) in [5.41, 5.74) is 2.92. The maximum atomic E-state index is 3.74. The molecule has 0 saturated heterocycles. The first-order valence-electron chi connectivity index (χ1n) is 5.85. The molecule has 0 bridgehead atoms. The van der Waals surface area contributed by atoms with E-state index < -0.39 is 0 Å². The summed E-state index contributed by atoms with van der Waals surface area (Å²) in [6, 6.07) is 8.95. The van der Waals surface area contributed by atoms with E-state index >= 15 is 0 Å². The van der Waals surface area contributed by atoms with Crippen LogP contribution in [0, 0.1) is 5.92 Å². The topological polar surface area (TPSA) is 0 Å². The van der Waals surface area contributed by atoms with Crippen molar-refractivity contribution in [3.05, 3.63) is 35.4 Å². The van der Waals surface area contributed by atoms with Gasteiger partial charge in [0.25, 0.3) is 0 Å². The zero-order valence-electron chi connectivity index (χ0n) is 9.96. The van der Waals surface area contributed by atoms with Gasteiger partial charge in [-0.25, -0.2) is 0 Å². The average molecular weight is 269 g/mol. The van der Waals surface area contributed by atoms with Crippen molar-refractivity contribution >= 4 is 15.9 Å². The summed E-state index contributed by atoms with van der Waals surface area (Å²) in [7, 11) is 0. The zero-order valence-corrected chi connectivity index (χ0v) is 11.5. The van der Waals surface area contributed by atoms with E-state index in [9.17, 15) is 0 Å². The van der Waals surface area contributed by atoms with Crippen LogP contribution in [0.25, 0.3) is 0 Å². The van der Waals surface area contributed by atoms with Crippen molar-refractivity contribution in [2.24, 2.45) is 5.92 Å². The summed E-state index contributed by atoms with van der Waals surface area (Å²) in [4.78, 5) is 0.641. The monoisotopic (exact) mass is 268 g/mol. The highest BCUT2D eigenvalue weighted by molar-refractivity contribution is 9.09. The minimum Gasteiger partial charge on any atom is -0.0888 e. The van der Waals surface area contributed by atoms with Crippen molar-refractivity contribution in [3.63, 3.8) is 0 Å². The second kappa shape index (κ2) is 6.32. The van der Waals surface area contributed by atoms with Crippen LogP contribution in [0.2, 0.25) is 0 Å². The van der Waals surface area contributed by atoms with Gasteiger partial charge in [-0.15, -0.1) is 0 Å². The van der Waals surface area contributed by atoms with Crippen LogP contribution in [0.5, 0.6) is 0 Å². The lowest BCUT2D eigenvalue weighted by Crippen LogP contribution is -2.08. The number of alkyl halides is 1. The van der Waals surface area contributed by atoms with Gasteiger partial charge in [-0.3, -0.25) is 0 Å². The summed E-state index contributed by atoms with van der Waals surface area (Å²) >= 11 is 3.74. The van der Waals surface area contributed by atoms with Gasteiger partial charge in [-0.05, 0) is 36.3 Å². The van der Waals surface area contributed by atoms with E-state index in [-0.39, 0.29) is 0 Å². The molecule has 1 atom stereocenters. The summed E-state index contributed by atoms with van der Waals surface area (Å²) in [6.45, 7) is 6.74. The first-order valence-corrected chi connectivity index (χ1v) is 6.77. The third-order valence-corrected chi connectivity index (χ3v) is 4.35. The molecule has 0 nitrogen and oxygen atoms in total. The van der Waals surface area contributed by atoms with E-state index in [1.807, 2.05) is 0 Å². The molecule has 15 heavy (non-hydrogen) atoms. The van der Waals surface area contributed by atoms with Gasteiger partial charge < -0.3 is 0 Å². The lowest BCUT2D eigenvalue weighted by Gasteiger charge is -2.13. The molecule has 0 aliphatic rings. The fourth-order valence-electron chi connectivity index (χ4n) is 1.64. The van der Waals surface area contributed by atoms with E-state index in [0.29, 0.717) is 4.83 Å². The maximum absolute atomic E-state index is 3.74. The molecule has 0 aliphatic carbocycles. The van der Waals surface area contributed by atoms with Gasteiger partial charge in [0.1, 0.15) is 0 Å². The van der Waals surface area contributed by atoms with E-state index in [4.69, 9.17) is 0 Å². The Morgan fingerprint density at radius 3 is 2.47 bits per heavy atom. The molecule has 0 saturated carbocycles. The van der Waals surface area contributed by atoms with Crippen LogP contribution in [-0.2, 0) is 12.8 Å². The molecule has 84 valence electrons. The summed E-state index contributed by atoms with van der Waals surface area (Å²) in [6.07, 6.45) is 3.54. The first-order chi connectivity index (χ1) is 7.13. The third-order valence-electron chi connectivity index (χ3n) is 2.83. The van der Waals surface area contributed by atoms with Gasteiger partial charge in [-0.1, -0.05) is 61.0 Å². The van der Waals surface area contributed by atoms with Gasteiger partial charge in [0, 0.05) is 4.83 Å². The average Bonchev–Trinajstić information content (AvgIpc) is 2.26. The van der Waals surface area contributed by atoms with E-state index in [2.05, 4.69) is 61.0 Å². The van der Waals surface area contributed by atoms with Crippen LogP contribution in [-0.4, -0.2) is 4.83 Å². The Morgan fingerprint density at radius 2 is 1.87 bits per heavy atom. The Hall–Kier alpha value is -0.300. The molecule has 1 aromatic carbocycles. The number of halogens is 1. The fourth-order valence-corrected chi connectivity index (χ4v) is 1.87. The lowest BCUT2D eigenvalue weighted by atomic mass is 10.0. The van der Waals surface area contributed by atoms with Crippen molar-refractivity contribution in [3.8, 4) is 0 Å². The van der Waals surface area contributed by atoms with E-state index in [1.54, 1.807) is 0 Å². The lowest BCUT2D eigenvalue weighted by molar-refractivity contribution is 0.581. The smallest absolute Gasteiger partial charge is 0.0172 e. The number of hydrogen-bond donors (Lipinski definition) is 0. The molecule has 0 radical (unpaired) electrons. The van der Waals surface area contributed by atoms with Crippen molar-refractivity contribution in [2.75, 3.05) is 0 Å². The predicted molar refractivity (Wildman–Crippen MR) is 71.7 cm³/mol. The van der Waals surface area contributed by atoms with Crippen molar-refractivity contribution in [1.82, 2.24) is 0 Å². The van der Waals surface area contributed by atoms with Crippen LogP contribution in [0.1, 0.15) is 38.3 Å². The van der Waals surface area contributed by atoms with E-state index in [1.165, 1.54) is 24.0 Å². The molecular weight excluding hydrogens is 248 g/mol. The Balaban J connectivity index is 2.50. The highest BCUT2D eigenvalue weighted by Crippen LogP contribution is 2.19. The molecular formula is C14H21Br. The van der Waals surface area contributed by atoms with Crippen molar-refractivity contribution in [2.45, 2.75) is 44.9 Å². The Labute approximate surface area is 102 Å². The van der Waals surface area contributed by atoms with Gasteiger partial charge in [-0.2, -0.15) is 0 Å². The normalized spacial score (nSPS) is 13.1. The maximum Gasteiger partial charge on any atom is 0.0172 e. The molecule has 1 heteroatoms. The minimum absolute atomic E-state index is 0.641. The SMILES string of the molecule is CCc1cccc(CCC(Br)C(C)C)c1. The van der Waals surface area contributed by atoms with Crippen LogP contribution >= 0.6 is 15.9 Å². The zero-order chi connectivity index (χ0) is 11.3. The first kappa shape index (κ1) is 12.8. The summed E-state index contributed by atoms with van der Waals surface area (Å²) in [5.74, 6) is 0.722. The van der Waals surface area contributed by atoms with Crippen LogP contribution in [0.15, 0.2) is 24.3 Å². The Morgan fingerprint density at radius 1 is 1.20 bits per heavy atom. The largest absolute Gasteiger partial charge is 0.0888 e. The quantitative estimate of drug-likeness (QED) is 0.685. The molecule has 1 aromatic rings. The molecule has 1 rings (SSSR count). The number of benzene rings is 1.